The Morgan fingerprint density at radius 1 is 0.962 bits per heavy atom. The summed E-state index contributed by atoms with van der Waals surface area (Å²) in [5.74, 6) is -0.288. The minimum atomic E-state index is -0.278. The second-order valence-corrected chi connectivity index (χ2v) is 6.46. The zero-order valence-electron chi connectivity index (χ0n) is 14.3. The van der Waals surface area contributed by atoms with Crippen LogP contribution < -0.4 is 10.6 Å². The Kier molecular flexibility index (Phi) is 4.32. The Labute approximate surface area is 152 Å². The summed E-state index contributed by atoms with van der Waals surface area (Å²) >= 11 is 0. The zero-order valence-corrected chi connectivity index (χ0v) is 14.3. The number of fused-ring (bicyclic) bond motifs is 2. The standard InChI is InChI=1S/C22H20N2O2/c25-21-12-6-4-10-18(21)22(26)23-14-20-17-9-3-1-7-15(17)13-16-8-2-5-11-19(16)24-20/h1-12,20,24-25H,13-14H2,(H,23,26). The molecule has 3 aromatic carbocycles. The summed E-state index contributed by atoms with van der Waals surface area (Å²) in [6.45, 7) is 0.429. The first-order valence-corrected chi connectivity index (χ1v) is 8.71. The van der Waals surface area contributed by atoms with E-state index in [2.05, 4.69) is 34.9 Å². The largest absolute Gasteiger partial charge is 0.507 e. The quantitative estimate of drug-likeness (QED) is 0.676. The van der Waals surface area contributed by atoms with Crippen LogP contribution in [0.25, 0.3) is 0 Å². The summed E-state index contributed by atoms with van der Waals surface area (Å²) in [5.41, 5.74) is 5.06. The van der Waals surface area contributed by atoms with Crippen molar-refractivity contribution < 1.29 is 9.90 Å². The van der Waals surface area contributed by atoms with Crippen LogP contribution in [0.2, 0.25) is 0 Å². The van der Waals surface area contributed by atoms with E-state index < -0.39 is 0 Å². The van der Waals surface area contributed by atoms with Gasteiger partial charge in [0.05, 0.1) is 11.6 Å². The molecular formula is C22H20N2O2. The number of phenols is 1. The maximum atomic E-state index is 12.5. The first kappa shape index (κ1) is 16.2. The molecule has 1 aliphatic rings. The van der Waals surface area contributed by atoms with Crippen molar-refractivity contribution in [3.05, 3.63) is 95.1 Å². The number of aromatic hydroxyl groups is 1. The molecule has 4 heteroatoms. The van der Waals surface area contributed by atoms with Crippen molar-refractivity contribution >= 4 is 11.6 Å². The van der Waals surface area contributed by atoms with Crippen molar-refractivity contribution in [1.82, 2.24) is 5.32 Å². The predicted molar refractivity (Wildman–Crippen MR) is 102 cm³/mol. The SMILES string of the molecule is O=C(NCC1Nc2ccccc2Cc2ccccc21)c1ccccc1O. The molecule has 1 atom stereocenters. The second kappa shape index (κ2) is 6.92. The van der Waals surface area contributed by atoms with E-state index in [1.807, 2.05) is 24.3 Å². The number of para-hydroxylation sites is 2. The molecule has 4 nitrogen and oxygen atoms in total. The molecule has 0 saturated heterocycles. The first-order valence-electron chi connectivity index (χ1n) is 8.71. The lowest BCUT2D eigenvalue weighted by Gasteiger charge is -2.21. The number of nitrogens with one attached hydrogen (secondary N) is 2. The van der Waals surface area contributed by atoms with Crippen LogP contribution in [-0.2, 0) is 6.42 Å². The number of anilines is 1. The number of hydrogen-bond acceptors (Lipinski definition) is 3. The molecule has 1 unspecified atom stereocenters. The Hall–Kier alpha value is -3.27. The zero-order chi connectivity index (χ0) is 17.9. The molecule has 0 saturated carbocycles. The number of carbonyl (C=O) groups excluding carboxylic acids is 1. The molecule has 3 aromatic rings. The van der Waals surface area contributed by atoms with Gasteiger partial charge >= 0.3 is 0 Å². The van der Waals surface area contributed by atoms with Crippen LogP contribution in [0.1, 0.15) is 33.1 Å². The Morgan fingerprint density at radius 3 is 2.50 bits per heavy atom. The van der Waals surface area contributed by atoms with Crippen LogP contribution in [0.15, 0.2) is 72.8 Å². The van der Waals surface area contributed by atoms with Gasteiger partial charge in [-0.05, 0) is 41.3 Å². The highest BCUT2D eigenvalue weighted by atomic mass is 16.3. The molecule has 1 aliphatic heterocycles. The van der Waals surface area contributed by atoms with Gasteiger partial charge in [0.1, 0.15) is 5.75 Å². The van der Waals surface area contributed by atoms with Crippen LogP contribution in [0.3, 0.4) is 0 Å². The smallest absolute Gasteiger partial charge is 0.255 e. The fourth-order valence-corrected chi connectivity index (χ4v) is 3.44. The van der Waals surface area contributed by atoms with Crippen molar-refractivity contribution in [2.24, 2.45) is 0 Å². The fourth-order valence-electron chi connectivity index (χ4n) is 3.44. The lowest BCUT2D eigenvalue weighted by Crippen LogP contribution is -2.31. The average molecular weight is 344 g/mol. The molecule has 0 fully saturated rings. The van der Waals surface area contributed by atoms with E-state index in [0.29, 0.717) is 6.54 Å². The van der Waals surface area contributed by atoms with Gasteiger partial charge in [0.2, 0.25) is 0 Å². The highest BCUT2D eigenvalue weighted by Gasteiger charge is 2.22. The summed E-state index contributed by atoms with van der Waals surface area (Å²) in [6, 6.07) is 23.1. The highest BCUT2D eigenvalue weighted by Crippen LogP contribution is 2.31. The number of benzene rings is 3. The number of phenolic OH excluding ortho intramolecular Hbond substituents is 1. The highest BCUT2D eigenvalue weighted by molar-refractivity contribution is 5.96. The second-order valence-electron chi connectivity index (χ2n) is 6.46. The molecule has 0 bridgehead atoms. The summed E-state index contributed by atoms with van der Waals surface area (Å²) in [5, 5.41) is 16.4. The lowest BCUT2D eigenvalue weighted by atomic mass is 9.97. The van der Waals surface area contributed by atoms with Gasteiger partial charge in [0.25, 0.3) is 5.91 Å². The number of hydrogen-bond donors (Lipinski definition) is 3. The predicted octanol–water partition coefficient (Wildman–Crippen LogP) is 3.88. The van der Waals surface area contributed by atoms with E-state index in [-0.39, 0.29) is 23.3 Å². The van der Waals surface area contributed by atoms with E-state index in [4.69, 9.17) is 0 Å². The van der Waals surface area contributed by atoms with E-state index in [9.17, 15) is 9.90 Å². The van der Waals surface area contributed by atoms with Crippen LogP contribution in [0.4, 0.5) is 5.69 Å². The van der Waals surface area contributed by atoms with Gasteiger partial charge < -0.3 is 15.7 Å². The fraction of sp³-hybridized carbons (Fsp3) is 0.136. The van der Waals surface area contributed by atoms with Gasteiger partial charge in [-0.1, -0.05) is 54.6 Å². The summed E-state index contributed by atoms with van der Waals surface area (Å²) < 4.78 is 0. The molecule has 3 N–H and O–H groups in total. The molecule has 130 valence electrons. The summed E-state index contributed by atoms with van der Waals surface area (Å²) in [7, 11) is 0. The molecule has 0 aromatic heterocycles. The molecular weight excluding hydrogens is 324 g/mol. The van der Waals surface area contributed by atoms with Gasteiger partial charge in [-0.3, -0.25) is 4.79 Å². The van der Waals surface area contributed by atoms with Gasteiger partial charge in [0.15, 0.2) is 0 Å². The van der Waals surface area contributed by atoms with Gasteiger partial charge in [-0.25, -0.2) is 0 Å². The first-order chi connectivity index (χ1) is 12.7. The molecule has 4 rings (SSSR count). The minimum absolute atomic E-state index is 0.00966. The molecule has 26 heavy (non-hydrogen) atoms. The van der Waals surface area contributed by atoms with Crippen molar-refractivity contribution in [1.29, 1.82) is 0 Å². The summed E-state index contributed by atoms with van der Waals surface area (Å²) in [6.07, 6.45) is 0.864. The van der Waals surface area contributed by atoms with Gasteiger partial charge in [-0.15, -0.1) is 0 Å². The van der Waals surface area contributed by atoms with Crippen LogP contribution >= 0.6 is 0 Å². The van der Waals surface area contributed by atoms with Crippen LogP contribution in [0, 0.1) is 0 Å². The van der Waals surface area contributed by atoms with Crippen molar-refractivity contribution in [3.63, 3.8) is 0 Å². The lowest BCUT2D eigenvalue weighted by molar-refractivity contribution is 0.0949. The molecule has 0 radical (unpaired) electrons. The molecule has 0 spiro atoms. The molecule has 1 amide bonds. The molecule has 1 heterocycles. The van der Waals surface area contributed by atoms with E-state index >= 15 is 0 Å². The third-order valence-corrected chi connectivity index (χ3v) is 4.77. The maximum absolute atomic E-state index is 12.5. The summed E-state index contributed by atoms with van der Waals surface area (Å²) in [4.78, 5) is 12.5. The van der Waals surface area contributed by atoms with Gasteiger partial charge in [0, 0.05) is 12.2 Å². The van der Waals surface area contributed by atoms with E-state index in [1.165, 1.54) is 22.8 Å². The van der Waals surface area contributed by atoms with E-state index in [0.717, 1.165) is 12.1 Å². The maximum Gasteiger partial charge on any atom is 0.255 e. The molecule has 0 aliphatic carbocycles. The third-order valence-electron chi connectivity index (χ3n) is 4.77. The minimum Gasteiger partial charge on any atom is -0.507 e. The average Bonchev–Trinajstić information content (AvgIpc) is 2.83. The van der Waals surface area contributed by atoms with Crippen molar-refractivity contribution in [2.75, 3.05) is 11.9 Å². The van der Waals surface area contributed by atoms with Crippen molar-refractivity contribution in [2.45, 2.75) is 12.5 Å². The number of amides is 1. The monoisotopic (exact) mass is 344 g/mol. The van der Waals surface area contributed by atoms with Gasteiger partial charge in [-0.2, -0.15) is 0 Å². The van der Waals surface area contributed by atoms with E-state index in [1.54, 1.807) is 18.2 Å². The normalized spacial score (nSPS) is 15.2. The van der Waals surface area contributed by atoms with Crippen molar-refractivity contribution in [3.8, 4) is 5.75 Å². The topological polar surface area (TPSA) is 61.4 Å². The number of carbonyl (C=O) groups is 1. The Bertz CT molecular complexity index is 952. The Morgan fingerprint density at radius 2 is 1.65 bits per heavy atom. The van der Waals surface area contributed by atoms with Crippen LogP contribution in [-0.4, -0.2) is 17.6 Å². The van der Waals surface area contributed by atoms with Crippen LogP contribution in [0.5, 0.6) is 5.75 Å². The number of rotatable bonds is 3. The Balaban J connectivity index is 1.59. The third kappa shape index (κ3) is 3.14.